The molecule has 1 N–H and O–H groups in total. The quantitative estimate of drug-likeness (QED) is 0.847. The number of fused-ring (bicyclic) bond motifs is 1. The molecule has 0 saturated carbocycles. The Labute approximate surface area is 159 Å². The molecule has 0 saturated heterocycles. The number of ether oxygens (including phenoxy) is 1. The first-order valence-corrected chi connectivity index (χ1v) is 8.60. The van der Waals surface area contributed by atoms with Crippen LogP contribution >= 0.6 is 11.6 Å². The van der Waals surface area contributed by atoms with Gasteiger partial charge < -0.3 is 15.0 Å². The van der Waals surface area contributed by atoms with Gasteiger partial charge in [0, 0.05) is 24.1 Å². The van der Waals surface area contributed by atoms with E-state index in [2.05, 4.69) is 5.32 Å². The lowest BCUT2D eigenvalue weighted by molar-refractivity contribution is -0.132. The molecule has 2 amide bonds. The Balaban J connectivity index is 1.75. The van der Waals surface area contributed by atoms with Crippen molar-refractivity contribution in [3.05, 3.63) is 53.1 Å². The van der Waals surface area contributed by atoms with Gasteiger partial charge in [-0.15, -0.1) is 0 Å². The average molecular weight is 395 g/mol. The summed E-state index contributed by atoms with van der Waals surface area (Å²) < 4.78 is 32.3. The highest BCUT2D eigenvalue weighted by atomic mass is 35.5. The van der Waals surface area contributed by atoms with Gasteiger partial charge in [-0.3, -0.25) is 9.59 Å². The molecular formula is C19H17ClF2N2O3. The highest BCUT2D eigenvalue weighted by molar-refractivity contribution is 6.31. The third-order valence-electron chi connectivity index (χ3n) is 4.10. The first-order valence-electron chi connectivity index (χ1n) is 8.23. The molecule has 0 bridgehead atoms. The summed E-state index contributed by atoms with van der Waals surface area (Å²) in [4.78, 5) is 26.3. The van der Waals surface area contributed by atoms with Crippen molar-refractivity contribution >= 4 is 34.8 Å². The van der Waals surface area contributed by atoms with E-state index < -0.39 is 23.1 Å². The second-order valence-electron chi connectivity index (χ2n) is 6.60. The lowest BCUT2D eigenvalue weighted by Crippen LogP contribution is -2.53. The van der Waals surface area contributed by atoms with Crippen molar-refractivity contribution in [3.8, 4) is 5.75 Å². The summed E-state index contributed by atoms with van der Waals surface area (Å²) in [5.41, 5.74) is -0.758. The summed E-state index contributed by atoms with van der Waals surface area (Å²) in [7, 11) is 0. The molecule has 2 aromatic rings. The maximum absolute atomic E-state index is 13.7. The van der Waals surface area contributed by atoms with E-state index in [0.29, 0.717) is 22.5 Å². The number of hydrogen-bond acceptors (Lipinski definition) is 3. The maximum atomic E-state index is 13.7. The fraction of sp³-hybridized carbons (Fsp3) is 0.263. The van der Waals surface area contributed by atoms with Crippen molar-refractivity contribution < 1.29 is 23.1 Å². The van der Waals surface area contributed by atoms with Gasteiger partial charge >= 0.3 is 0 Å². The molecule has 1 aliphatic rings. The van der Waals surface area contributed by atoms with Crippen molar-refractivity contribution in [3.63, 3.8) is 0 Å². The van der Waals surface area contributed by atoms with Gasteiger partial charge in [-0.25, -0.2) is 8.78 Å². The van der Waals surface area contributed by atoms with E-state index in [1.54, 1.807) is 32.0 Å². The maximum Gasteiger partial charge on any atom is 0.270 e. The molecule has 0 spiro atoms. The Morgan fingerprint density at radius 1 is 1.22 bits per heavy atom. The van der Waals surface area contributed by atoms with Gasteiger partial charge in [0.05, 0.1) is 11.4 Å². The number of anilines is 2. The Kier molecular flexibility index (Phi) is 5.06. The summed E-state index contributed by atoms with van der Waals surface area (Å²) in [6, 6.07) is 7.76. The van der Waals surface area contributed by atoms with Crippen LogP contribution in [0.2, 0.25) is 5.02 Å². The second kappa shape index (κ2) is 7.15. The Bertz CT molecular complexity index is 918. The second-order valence-corrected chi connectivity index (χ2v) is 7.04. The SMILES string of the molecule is CC1(C)Oc2ccc(Cl)cc2N(CCC(=O)Nc2ccc(F)cc2F)C1=O. The molecule has 142 valence electrons. The molecule has 0 radical (unpaired) electrons. The van der Waals surface area contributed by atoms with Crippen LogP contribution in [0.1, 0.15) is 20.3 Å². The number of nitrogens with zero attached hydrogens (tertiary/aromatic N) is 1. The summed E-state index contributed by atoms with van der Waals surface area (Å²) in [5.74, 6) is -1.96. The molecule has 27 heavy (non-hydrogen) atoms. The van der Waals surface area contributed by atoms with Crippen molar-refractivity contribution in [2.24, 2.45) is 0 Å². The molecular weight excluding hydrogens is 378 g/mol. The molecule has 0 aliphatic carbocycles. The van der Waals surface area contributed by atoms with Gasteiger partial charge in [-0.2, -0.15) is 0 Å². The summed E-state index contributed by atoms with van der Waals surface area (Å²) in [6.45, 7) is 3.31. The lowest BCUT2D eigenvalue weighted by atomic mass is 10.0. The van der Waals surface area contributed by atoms with E-state index >= 15 is 0 Å². The van der Waals surface area contributed by atoms with Crippen LogP contribution in [0.15, 0.2) is 36.4 Å². The number of hydrogen-bond donors (Lipinski definition) is 1. The van der Waals surface area contributed by atoms with E-state index in [4.69, 9.17) is 16.3 Å². The number of nitrogens with one attached hydrogen (secondary N) is 1. The molecule has 5 nitrogen and oxygen atoms in total. The molecule has 1 heterocycles. The van der Waals surface area contributed by atoms with Gasteiger partial charge in [0.25, 0.3) is 5.91 Å². The van der Waals surface area contributed by atoms with Crippen LogP contribution in [-0.4, -0.2) is 24.0 Å². The molecule has 0 atom stereocenters. The van der Waals surface area contributed by atoms with E-state index in [1.165, 1.54) is 4.90 Å². The van der Waals surface area contributed by atoms with E-state index in [-0.39, 0.29) is 24.6 Å². The predicted molar refractivity (Wildman–Crippen MR) is 98.1 cm³/mol. The first kappa shape index (κ1) is 19.1. The van der Waals surface area contributed by atoms with Gasteiger partial charge in [0.2, 0.25) is 5.91 Å². The van der Waals surface area contributed by atoms with Crippen molar-refractivity contribution in [2.45, 2.75) is 25.9 Å². The highest BCUT2D eigenvalue weighted by Crippen LogP contribution is 2.39. The fourth-order valence-corrected chi connectivity index (χ4v) is 2.95. The van der Waals surface area contributed by atoms with Crippen LogP contribution < -0.4 is 15.0 Å². The zero-order valence-corrected chi connectivity index (χ0v) is 15.4. The fourth-order valence-electron chi connectivity index (χ4n) is 2.78. The summed E-state index contributed by atoms with van der Waals surface area (Å²) in [5, 5.41) is 2.80. The summed E-state index contributed by atoms with van der Waals surface area (Å²) in [6.07, 6.45) is -0.0927. The van der Waals surface area contributed by atoms with E-state index in [1.807, 2.05) is 0 Å². The zero-order chi connectivity index (χ0) is 19.8. The lowest BCUT2D eigenvalue weighted by Gasteiger charge is -2.38. The van der Waals surface area contributed by atoms with Crippen molar-refractivity contribution in [1.29, 1.82) is 0 Å². The van der Waals surface area contributed by atoms with Crippen LogP contribution in [0.4, 0.5) is 20.2 Å². The van der Waals surface area contributed by atoms with Crippen LogP contribution in [0, 0.1) is 11.6 Å². The number of carbonyl (C=O) groups is 2. The first-order chi connectivity index (χ1) is 12.7. The third-order valence-corrected chi connectivity index (χ3v) is 4.34. The van der Waals surface area contributed by atoms with Gasteiger partial charge in [0.1, 0.15) is 17.4 Å². The number of amides is 2. The smallest absolute Gasteiger partial charge is 0.270 e. The van der Waals surface area contributed by atoms with Gasteiger partial charge in [-0.1, -0.05) is 11.6 Å². The van der Waals surface area contributed by atoms with Gasteiger partial charge in [0.15, 0.2) is 5.60 Å². The largest absolute Gasteiger partial charge is 0.476 e. The average Bonchev–Trinajstić information content (AvgIpc) is 2.58. The molecule has 2 aromatic carbocycles. The van der Waals surface area contributed by atoms with Crippen molar-refractivity contribution in [2.75, 3.05) is 16.8 Å². The molecule has 0 aromatic heterocycles. The summed E-state index contributed by atoms with van der Waals surface area (Å²) >= 11 is 6.02. The molecule has 1 aliphatic heterocycles. The van der Waals surface area contributed by atoms with E-state index in [0.717, 1.165) is 12.1 Å². The Morgan fingerprint density at radius 3 is 2.67 bits per heavy atom. The molecule has 8 heteroatoms. The highest BCUT2D eigenvalue weighted by Gasteiger charge is 2.40. The Morgan fingerprint density at radius 2 is 1.96 bits per heavy atom. The molecule has 0 unspecified atom stereocenters. The molecule has 0 fully saturated rings. The zero-order valence-electron chi connectivity index (χ0n) is 14.7. The molecule has 3 rings (SSSR count). The number of carbonyl (C=O) groups excluding carboxylic acids is 2. The minimum atomic E-state index is -1.10. The minimum absolute atomic E-state index is 0.0492. The topological polar surface area (TPSA) is 58.6 Å². The number of rotatable bonds is 4. The normalized spacial score (nSPS) is 15.1. The standard InChI is InChI=1S/C19H17ClF2N2O3/c1-19(2)18(26)24(15-9-11(20)3-6-16(15)27-19)8-7-17(25)23-14-5-4-12(21)10-13(14)22/h3-6,9-10H,7-8H2,1-2H3,(H,23,25). The van der Waals surface area contributed by atoms with E-state index in [9.17, 15) is 18.4 Å². The van der Waals surface area contributed by atoms with Crippen LogP contribution in [-0.2, 0) is 9.59 Å². The van der Waals surface area contributed by atoms with Crippen LogP contribution in [0.25, 0.3) is 0 Å². The van der Waals surface area contributed by atoms with Crippen molar-refractivity contribution in [1.82, 2.24) is 0 Å². The Hall–Kier alpha value is -2.67. The third kappa shape index (κ3) is 4.03. The monoisotopic (exact) mass is 394 g/mol. The number of benzene rings is 2. The van der Waals surface area contributed by atoms with Crippen LogP contribution in [0.5, 0.6) is 5.75 Å². The van der Waals surface area contributed by atoms with Crippen LogP contribution in [0.3, 0.4) is 0 Å². The van der Waals surface area contributed by atoms with Gasteiger partial charge in [-0.05, 0) is 44.2 Å². The number of halogens is 3. The predicted octanol–water partition coefficient (Wildman–Crippen LogP) is 4.15. The minimum Gasteiger partial charge on any atom is -0.476 e.